The van der Waals surface area contributed by atoms with Crippen LogP contribution in [0.25, 0.3) is 32.2 Å². The minimum atomic E-state index is -0.842. The van der Waals surface area contributed by atoms with Crippen molar-refractivity contribution in [2.45, 2.75) is 13.1 Å². The van der Waals surface area contributed by atoms with Gasteiger partial charge in [-0.1, -0.05) is 6.07 Å². The van der Waals surface area contributed by atoms with Crippen molar-refractivity contribution in [3.8, 4) is 21.9 Å². The van der Waals surface area contributed by atoms with Gasteiger partial charge in [0.1, 0.15) is 22.3 Å². The minimum Gasteiger partial charge on any atom is -0.305 e. The number of nitro groups is 1. The highest BCUT2D eigenvalue weighted by Crippen LogP contribution is 2.38. The van der Waals surface area contributed by atoms with E-state index in [1.807, 2.05) is 19.0 Å². The van der Waals surface area contributed by atoms with E-state index in [0.717, 1.165) is 28.0 Å². The lowest BCUT2D eigenvalue weighted by Crippen LogP contribution is -2.39. The number of rotatable bonds is 8. The summed E-state index contributed by atoms with van der Waals surface area (Å²) in [6, 6.07) is 14.1. The number of nitrogens with zero attached hydrogens (tertiary/aromatic N) is 7. The van der Waals surface area contributed by atoms with Crippen molar-refractivity contribution in [3.05, 3.63) is 133 Å². The molecule has 0 saturated heterocycles. The van der Waals surface area contributed by atoms with Crippen LogP contribution < -0.4 is 11.2 Å². The second-order valence-corrected chi connectivity index (χ2v) is 11.2. The average Bonchev–Trinajstić information content (AvgIpc) is 3.66. The van der Waals surface area contributed by atoms with Gasteiger partial charge in [0.2, 0.25) is 0 Å². The van der Waals surface area contributed by atoms with Gasteiger partial charge in [0.25, 0.3) is 11.2 Å². The molecule has 44 heavy (non-hydrogen) atoms. The molecular formula is C30H23F2N7O4S. The third kappa shape index (κ3) is 5.09. The van der Waals surface area contributed by atoms with Crippen molar-refractivity contribution in [2.24, 2.45) is 0 Å². The first-order valence-corrected chi connectivity index (χ1v) is 14.1. The summed E-state index contributed by atoms with van der Waals surface area (Å²) in [5, 5.41) is 15.6. The second-order valence-electron chi connectivity index (χ2n) is 10.2. The minimum absolute atomic E-state index is 0.0134. The topological polar surface area (TPSA) is 121 Å². The summed E-state index contributed by atoms with van der Waals surface area (Å²) in [6.45, 7) is -0.236. The molecule has 0 spiro atoms. The molecule has 0 N–H and O–H groups in total. The summed E-state index contributed by atoms with van der Waals surface area (Å²) in [6.07, 6.45) is 4.76. The Morgan fingerprint density at radius 3 is 2.30 bits per heavy atom. The van der Waals surface area contributed by atoms with Crippen LogP contribution in [0.3, 0.4) is 0 Å². The van der Waals surface area contributed by atoms with Gasteiger partial charge < -0.3 is 4.90 Å². The number of hydrogen-bond donors (Lipinski definition) is 0. The molecule has 6 aromatic rings. The van der Waals surface area contributed by atoms with Crippen LogP contribution in [0, 0.1) is 21.7 Å². The molecule has 0 atom stereocenters. The molecule has 0 aliphatic rings. The van der Waals surface area contributed by atoms with Crippen LogP contribution in [-0.4, -0.2) is 47.8 Å². The van der Waals surface area contributed by atoms with E-state index in [9.17, 15) is 28.5 Å². The van der Waals surface area contributed by atoms with Crippen molar-refractivity contribution in [2.75, 3.05) is 14.1 Å². The van der Waals surface area contributed by atoms with E-state index in [0.29, 0.717) is 21.7 Å². The predicted octanol–water partition coefficient (Wildman–Crippen LogP) is 4.76. The molecule has 6 rings (SSSR count). The van der Waals surface area contributed by atoms with Crippen LogP contribution in [-0.2, 0) is 13.1 Å². The first kappa shape index (κ1) is 28.8. The summed E-state index contributed by atoms with van der Waals surface area (Å²) >= 11 is 1.10. The lowest BCUT2D eigenvalue weighted by atomic mass is 10.1. The van der Waals surface area contributed by atoms with E-state index in [-0.39, 0.29) is 33.8 Å². The van der Waals surface area contributed by atoms with Gasteiger partial charge in [-0.25, -0.2) is 27.8 Å². The van der Waals surface area contributed by atoms with Crippen LogP contribution in [0.15, 0.2) is 88.8 Å². The van der Waals surface area contributed by atoms with Gasteiger partial charge >= 0.3 is 5.69 Å². The van der Waals surface area contributed by atoms with E-state index in [2.05, 4.69) is 10.1 Å². The van der Waals surface area contributed by atoms with Crippen molar-refractivity contribution in [1.29, 1.82) is 0 Å². The lowest BCUT2D eigenvalue weighted by Gasteiger charge is -2.14. The zero-order valence-electron chi connectivity index (χ0n) is 23.3. The van der Waals surface area contributed by atoms with Gasteiger partial charge in [0.05, 0.1) is 28.7 Å². The third-order valence-electron chi connectivity index (χ3n) is 7.00. The highest BCUT2D eigenvalue weighted by Gasteiger charge is 2.26. The van der Waals surface area contributed by atoms with Gasteiger partial charge in [-0.05, 0) is 67.7 Å². The maximum Gasteiger partial charge on any atom is 0.338 e. The van der Waals surface area contributed by atoms with Gasteiger partial charge in [-0.2, -0.15) is 5.10 Å². The molecule has 0 aliphatic heterocycles. The van der Waals surface area contributed by atoms with Crippen molar-refractivity contribution in [1.82, 2.24) is 28.8 Å². The quantitative estimate of drug-likeness (QED) is 0.179. The Bertz CT molecular complexity index is 2120. The predicted molar refractivity (Wildman–Crippen MR) is 162 cm³/mol. The standard InChI is InChI=1S/C30H23F2N7O4S/c1-35(2)16-22-26-28(40)38(25-12-11-20(15-33-25)37-14-4-13-34-37)30(41)36(17-21-23(31)5-3-6-24(21)32)29(26)44-27(22)18-7-9-19(10-8-18)39(42)43/h3-15H,16-17H2,1-2H3. The second kappa shape index (κ2) is 11.4. The first-order valence-electron chi connectivity index (χ1n) is 13.2. The number of hydrogen-bond acceptors (Lipinski definition) is 8. The zero-order chi connectivity index (χ0) is 31.1. The monoisotopic (exact) mass is 615 g/mol. The maximum atomic E-state index is 14.9. The highest BCUT2D eigenvalue weighted by atomic mass is 32.1. The van der Waals surface area contributed by atoms with Crippen molar-refractivity contribution >= 4 is 27.2 Å². The first-order chi connectivity index (χ1) is 21.1. The largest absolute Gasteiger partial charge is 0.338 e. The van der Waals surface area contributed by atoms with Crippen LogP contribution in [0.1, 0.15) is 11.1 Å². The summed E-state index contributed by atoms with van der Waals surface area (Å²) in [7, 11) is 3.61. The Balaban J connectivity index is 1.65. The normalized spacial score (nSPS) is 11.5. The lowest BCUT2D eigenvalue weighted by molar-refractivity contribution is -0.384. The van der Waals surface area contributed by atoms with Gasteiger partial charge in [-0.15, -0.1) is 11.3 Å². The summed E-state index contributed by atoms with van der Waals surface area (Å²) in [4.78, 5) is 46.1. The molecule has 0 radical (unpaired) electrons. The fraction of sp³-hybridized carbons (Fsp3) is 0.133. The van der Waals surface area contributed by atoms with E-state index in [1.165, 1.54) is 35.0 Å². The summed E-state index contributed by atoms with van der Waals surface area (Å²) in [5.74, 6) is -1.67. The fourth-order valence-corrected chi connectivity index (χ4v) is 6.26. The molecule has 0 amide bonds. The Labute approximate surface area is 251 Å². The third-order valence-corrected chi connectivity index (χ3v) is 8.30. The van der Waals surface area contributed by atoms with Gasteiger partial charge in [0.15, 0.2) is 0 Å². The molecule has 0 unspecified atom stereocenters. The van der Waals surface area contributed by atoms with Crippen molar-refractivity contribution in [3.63, 3.8) is 0 Å². The number of fused-ring (bicyclic) bond motifs is 1. The highest BCUT2D eigenvalue weighted by molar-refractivity contribution is 7.22. The van der Waals surface area contributed by atoms with E-state index in [1.54, 1.807) is 41.3 Å². The maximum absolute atomic E-state index is 14.9. The fourth-order valence-electron chi connectivity index (χ4n) is 4.95. The van der Waals surface area contributed by atoms with E-state index < -0.39 is 34.4 Å². The molecule has 2 aromatic carbocycles. The number of halogens is 2. The molecule has 4 aromatic heterocycles. The average molecular weight is 616 g/mol. The molecule has 0 bridgehead atoms. The number of benzene rings is 2. The Morgan fingerprint density at radius 1 is 0.977 bits per heavy atom. The van der Waals surface area contributed by atoms with E-state index >= 15 is 0 Å². The van der Waals surface area contributed by atoms with E-state index in [4.69, 9.17) is 0 Å². The molecule has 0 saturated carbocycles. The number of aromatic nitrogens is 5. The molecule has 4 heterocycles. The smallest absolute Gasteiger partial charge is 0.305 e. The molecule has 0 aliphatic carbocycles. The van der Waals surface area contributed by atoms with Gasteiger partial charge in [-0.3, -0.25) is 19.5 Å². The van der Waals surface area contributed by atoms with Crippen LogP contribution >= 0.6 is 11.3 Å². The Morgan fingerprint density at radius 2 is 1.70 bits per heavy atom. The zero-order valence-corrected chi connectivity index (χ0v) is 24.2. The summed E-state index contributed by atoms with van der Waals surface area (Å²) in [5.41, 5.74) is -0.222. The molecule has 0 fully saturated rings. The number of non-ortho nitro benzene ring substituents is 1. The van der Waals surface area contributed by atoms with Gasteiger partial charge in [0, 0.05) is 41.5 Å². The van der Waals surface area contributed by atoms with Crippen LogP contribution in [0.2, 0.25) is 0 Å². The van der Waals surface area contributed by atoms with Crippen molar-refractivity contribution < 1.29 is 13.7 Å². The molecular weight excluding hydrogens is 592 g/mol. The Hall–Kier alpha value is -5.34. The molecule has 11 nitrogen and oxygen atoms in total. The van der Waals surface area contributed by atoms with Crippen LogP contribution in [0.4, 0.5) is 14.5 Å². The number of thiophene rings is 1. The molecule has 14 heteroatoms. The number of nitro benzene ring substituents is 1. The Kier molecular flexibility index (Phi) is 7.45. The molecule has 222 valence electrons. The SMILES string of the molecule is CN(C)Cc1c(-c2ccc([N+](=O)[O-])cc2)sc2c1c(=O)n(-c1ccc(-n3cccn3)cn1)c(=O)n2Cc1c(F)cccc1F. The summed E-state index contributed by atoms with van der Waals surface area (Å²) < 4.78 is 33.4. The van der Waals surface area contributed by atoms with Crippen LogP contribution in [0.5, 0.6) is 0 Å². The number of pyridine rings is 1.